The number of methoxy groups -OCH3 is 2. The Balaban J connectivity index is 1.72. The van der Waals surface area contributed by atoms with E-state index in [9.17, 15) is 4.79 Å². The average Bonchev–Trinajstić information content (AvgIpc) is 3.16. The summed E-state index contributed by atoms with van der Waals surface area (Å²) in [5.41, 5.74) is 0.982. The van der Waals surface area contributed by atoms with Gasteiger partial charge in [0.1, 0.15) is 29.6 Å². The van der Waals surface area contributed by atoms with E-state index in [1.54, 1.807) is 48.5 Å². The Morgan fingerprint density at radius 2 is 1.70 bits per heavy atom. The van der Waals surface area contributed by atoms with Gasteiger partial charge in [-0.2, -0.15) is 0 Å². The third kappa shape index (κ3) is 4.38. The van der Waals surface area contributed by atoms with E-state index < -0.39 is 5.97 Å². The minimum absolute atomic E-state index is 0.0312. The van der Waals surface area contributed by atoms with E-state index in [1.807, 2.05) is 0 Å². The molecule has 0 saturated carbocycles. The maximum atomic E-state index is 12.3. The summed E-state index contributed by atoms with van der Waals surface area (Å²) in [4.78, 5) is 12.3. The molecule has 0 bridgehead atoms. The second-order valence-electron chi connectivity index (χ2n) is 5.54. The van der Waals surface area contributed by atoms with Gasteiger partial charge in [0.15, 0.2) is 0 Å². The van der Waals surface area contributed by atoms with E-state index in [1.165, 1.54) is 14.2 Å². The summed E-state index contributed by atoms with van der Waals surface area (Å²) in [6, 6.07) is 13.6. The highest BCUT2D eigenvalue weighted by atomic mass is 35.5. The molecule has 0 aliphatic carbocycles. The molecule has 0 radical (unpaired) electrons. The Hall–Kier alpha value is -2.63. The third-order valence-electron chi connectivity index (χ3n) is 3.81. The van der Waals surface area contributed by atoms with E-state index in [0.717, 1.165) is 0 Å². The molecule has 140 valence electrons. The van der Waals surface area contributed by atoms with E-state index >= 15 is 0 Å². The first-order chi connectivity index (χ1) is 13.0. The van der Waals surface area contributed by atoms with Gasteiger partial charge in [0.2, 0.25) is 0 Å². The molecule has 0 atom stereocenters. The molecule has 1 heterocycles. The van der Waals surface area contributed by atoms with Crippen molar-refractivity contribution in [1.82, 2.24) is 0 Å². The number of rotatable bonds is 6. The molecule has 0 fully saturated rings. The number of ether oxygens (including phenoxy) is 3. The zero-order valence-corrected chi connectivity index (χ0v) is 16.1. The van der Waals surface area contributed by atoms with Crippen molar-refractivity contribution in [2.45, 2.75) is 6.61 Å². The highest BCUT2D eigenvalue weighted by molar-refractivity contribution is 6.43. The number of carbonyl (C=O) groups is 1. The van der Waals surface area contributed by atoms with Crippen molar-refractivity contribution in [3.63, 3.8) is 0 Å². The van der Waals surface area contributed by atoms with Gasteiger partial charge in [-0.05, 0) is 36.4 Å². The number of hydrogen-bond donors (Lipinski definition) is 0. The van der Waals surface area contributed by atoms with Crippen molar-refractivity contribution in [3.8, 4) is 22.8 Å². The zero-order chi connectivity index (χ0) is 19.4. The maximum Gasteiger partial charge on any atom is 0.338 e. The second-order valence-corrected chi connectivity index (χ2v) is 6.33. The first-order valence-corrected chi connectivity index (χ1v) is 8.70. The molecule has 0 aliphatic rings. The number of hydrogen-bond acceptors (Lipinski definition) is 5. The summed E-state index contributed by atoms with van der Waals surface area (Å²) in [5, 5.41) is 0.839. The van der Waals surface area contributed by atoms with Gasteiger partial charge < -0.3 is 18.6 Å². The molecule has 0 unspecified atom stereocenters. The summed E-state index contributed by atoms with van der Waals surface area (Å²) in [7, 11) is 3.02. The number of halogens is 2. The lowest BCUT2D eigenvalue weighted by Crippen LogP contribution is -2.05. The Morgan fingerprint density at radius 3 is 2.37 bits per heavy atom. The number of carbonyl (C=O) groups excluding carboxylic acids is 1. The van der Waals surface area contributed by atoms with Crippen molar-refractivity contribution in [2.75, 3.05) is 14.2 Å². The number of furan rings is 1. The minimum atomic E-state index is -0.522. The highest BCUT2D eigenvalue weighted by Gasteiger charge is 2.14. The quantitative estimate of drug-likeness (QED) is 0.496. The van der Waals surface area contributed by atoms with E-state index in [4.69, 9.17) is 41.8 Å². The SMILES string of the molecule is COc1cc(OC)cc(C(=O)OCc2ccc(-c3cccc(Cl)c3Cl)o2)c1. The van der Waals surface area contributed by atoms with Crippen LogP contribution < -0.4 is 9.47 Å². The van der Waals surface area contributed by atoms with Gasteiger partial charge in [0.05, 0.1) is 29.8 Å². The molecule has 2 aromatic carbocycles. The van der Waals surface area contributed by atoms with Crippen molar-refractivity contribution in [3.05, 3.63) is 69.9 Å². The van der Waals surface area contributed by atoms with Gasteiger partial charge in [-0.15, -0.1) is 0 Å². The van der Waals surface area contributed by atoms with Crippen molar-refractivity contribution in [1.29, 1.82) is 0 Å². The standard InChI is InChI=1S/C20H16Cl2O5/c1-24-14-8-12(9-15(10-14)25-2)20(23)26-11-13-6-7-18(27-13)16-4-3-5-17(21)19(16)22/h3-10H,11H2,1-2H3. The molecule has 1 aromatic heterocycles. The average molecular weight is 407 g/mol. The Kier molecular flexibility index (Phi) is 5.94. The molecule has 0 saturated heterocycles. The lowest BCUT2D eigenvalue weighted by Gasteiger charge is -2.08. The van der Waals surface area contributed by atoms with E-state index in [2.05, 4.69) is 0 Å². The molecular formula is C20H16Cl2O5. The second kappa shape index (κ2) is 8.37. The first-order valence-electron chi connectivity index (χ1n) is 7.95. The zero-order valence-electron chi connectivity index (χ0n) is 14.6. The summed E-state index contributed by atoms with van der Waals surface area (Å²) in [6.07, 6.45) is 0. The lowest BCUT2D eigenvalue weighted by molar-refractivity contribution is 0.0445. The molecular weight excluding hydrogens is 391 g/mol. The minimum Gasteiger partial charge on any atom is -0.497 e. The van der Waals surface area contributed by atoms with Gasteiger partial charge in [0.25, 0.3) is 0 Å². The van der Waals surface area contributed by atoms with Crippen molar-refractivity contribution in [2.24, 2.45) is 0 Å². The first kappa shape index (κ1) is 19.1. The molecule has 27 heavy (non-hydrogen) atoms. The van der Waals surface area contributed by atoms with Gasteiger partial charge in [-0.3, -0.25) is 0 Å². The summed E-state index contributed by atoms with van der Waals surface area (Å²) >= 11 is 12.2. The van der Waals surface area contributed by atoms with Crippen LogP contribution >= 0.6 is 23.2 Å². The van der Waals surface area contributed by atoms with Crippen molar-refractivity contribution < 1.29 is 23.4 Å². The van der Waals surface area contributed by atoms with E-state index in [-0.39, 0.29) is 6.61 Å². The van der Waals surface area contributed by atoms with Gasteiger partial charge in [-0.1, -0.05) is 29.3 Å². The van der Waals surface area contributed by atoms with Crippen LogP contribution in [0.2, 0.25) is 10.0 Å². The lowest BCUT2D eigenvalue weighted by atomic mass is 10.2. The molecule has 5 nitrogen and oxygen atoms in total. The Labute approximate surface area is 166 Å². The van der Waals surface area contributed by atoms with Crippen molar-refractivity contribution >= 4 is 29.2 Å². The Bertz CT molecular complexity index is 943. The van der Waals surface area contributed by atoms with Crippen LogP contribution in [-0.4, -0.2) is 20.2 Å². The fourth-order valence-electron chi connectivity index (χ4n) is 2.44. The van der Waals surface area contributed by atoms with Gasteiger partial charge in [-0.25, -0.2) is 4.79 Å². The Morgan fingerprint density at radius 1 is 1.00 bits per heavy atom. The molecule has 0 aliphatic heterocycles. The number of benzene rings is 2. The fourth-order valence-corrected chi connectivity index (χ4v) is 2.83. The summed E-state index contributed by atoms with van der Waals surface area (Å²) < 4.78 is 21.3. The molecule has 0 N–H and O–H groups in total. The van der Waals surface area contributed by atoms with E-state index in [0.29, 0.717) is 44.2 Å². The van der Waals surface area contributed by atoms with Crippen LogP contribution in [-0.2, 0) is 11.3 Å². The van der Waals surface area contributed by atoms with Crippen LogP contribution in [0.1, 0.15) is 16.1 Å². The van der Waals surface area contributed by atoms with Crippen LogP contribution in [0.3, 0.4) is 0 Å². The smallest absolute Gasteiger partial charge is 0.338 e. The number of esters is 1. The van der Waals surface area contributed by atoms with Gasteiger partial charge >= 0.3 is 5.97 Å². The summed E-state index contributed by atoms with van der Waals surface area (Å²) in [6.45, 7) is -0.0312. The van der Waals surface area contributed by atoms with Crippen LogP contribution in [0.15, 0.2) is 52.9 Å². The monoisotopic (exact) mass is 406 g/mol. The molecule has 3 aromatic rings. The van der Waals surface area contributed by atoms with Gasteiger partial charge in [0, 0.05) is 11.6 Å². The molecule has 0 spiro atoms. The highest BCUT2D eigenvalue weighted by Crippen LogP contribution is 2.34. The normalized spacial score (nSPS) is 10.5. The predicted molar refractivity (Wildman–Crippen MR) is 103 cm³/mol. The molecule has 3 rings (SSSR count). The van der Waals surface area contributed by atoms with Crippen LogP contribution in [0.25, 0.3) is 11.3 Å². The largest absolute Gasteiger partial charge is 0.497 e. The van der Waals surface area contributed by atoms with Crippen LogP contribution in [0.4, 0.5) is 0 Å². The third-order valence-corrected chi connectivity index (χ3v) is 4.63. The predicted octanol–water partition coefficient (Wildman–Crippen LogP) is 5.63. The van der Waals surface area contributed by atoms with Crippen LogP contribution in [0.5, 0.6) is 11.5 Å². The summed E-state index contributed by atoms with van der Waals surface area (Å²) in [5.74, 6) is 1.49. The maximum absolute atomic E-state index is 12.3. The fraction of sp³-hybridized carbons (Fsp3) is 0.150. The van der Waals surface area contributed by atoms with Crippen LogP contribution in [0, 0.1) is 0 Å². The molecule has 0 amide bonds. The topological polar surface area (TPSA) is 57.9 Å². The molecule has 7 heteroatoms.